The molecule has 0 spiro atoms. The normalized spacial score (nSPS) is 10.3. The molecular weight excluding hydrogens is 422 g/mol. The molecule has 0 atom stereocenters. The summed E-state index contributed by atoms with van der Waals surface area (Å²) in [6.45, 7) is -0.603. The molecule has 0 aliphatic rings. The number of carbonyl (C=O) groups excluding carboxylic acids is 2. The molecule has 2 aromatic rings. The summed E-state index contributed by atoms with van der Waals surface area (Å²) in [5.74, 6) is -2.53. The van der Waals surface area contributed by atoms with Crippen molar-refractivity contribution in [1.82, 2.24) is 0 Å². The molecule has 1 N–H and O–H groups in total. The summed E-state index contributed by atoms with van der Waals surface area (Å²) in [6, 6.07) is 7.66. The number of benzene rings is 2. The third-order valence-electron chi connectivity index (χ3n) is 3.03. The van der Waals surface area contributed by atoms with E-state index in [9.17, 15) is 24.1 Å². The van der Waals surface area contributed by atoms with Crippen LogP contribution < -0.4 is 5.32 Å². The molecule has 7 nitrogen and oxygen atoms in total. The Morgan fingerprint density at radius 2 is 1.96 bits per heavy atom. The number of anilines is 1. The quantitative estimate of drug-likeness (QED) is 0.302. The number of nitrogens with one attached hydrogen (secondary N) is 1. The van der Waals surface area contributed by atoms with Crippen LogP contribution in [0.3, 0.4) is 0 Å². The van der Waals surface area contributed by atoms with Gasteiger partial charge in [-0.15, -0.1) is 11.8 Å². The van der Waals surface area contributed by atoms with Gasteiger partial charge in [-0.3, -0.25) is 19.7 Å². The fourth-order valence-electron chi connectivity index (χ4n) is 1.84. The maximum atomic E-state index is 13.2. The molecule has 0 bridgehead atoms. The van der Waals surface area contributed by atoms with Gasteiger partial charge < -0.3 is 10.1 Å². The molecule has 11 heteroatoms. The Morgan fingerprint density at radius 3 is 2.67 bits per heavy atom. The number of hydrogen-bond acceptors (Lipinski definition) is 6. The number of nitro benzene ring substituents is 1. The zero-order valence-electron chi connectivity index (χ0n) is 13.4. The molecule has 0 unspecified atom stereocenters. The van der Waals surface area contributed by atoms with E-state index < -0.39 is 34.9 Å². The topological polar surface area (TPSA) is 98.5 Å². The lowest BCUT2D eigenvalue weighted by atomic mass is 10.2. The van der Waals surface area contributed by atoms with Gasteiger partial charge in [0, 0.05) is 21.7 Å². The summed E-state index contributed by atoms with van der Waals surface area (Å²) in [5.41, 5.74) is -0.774. The number of amides is 1. The van der Waals surface area contributed by atoms with E-state index in [1.165, 1.54) is 0 Å². The van der Waals surface area contributed by atoms with Crippen molar-refractivity contribution in [1.29, 1.82) is 0 Å². The SMILES string of the molecule is O=C(COC(=O)CSc1cc(Cl)ccc1Cl)Nc1ccc(F)c([N+](=O)[O-])c1. The summed E-state index contributed by atoms with van der Waals surface area (Å²) in [7, 11) is 0. The third-order valence-corrected chi connectivity index (χ3v) is 4.74. The molecule has 0 fully saturated rings. The van der Waals surface area contributed by atoms with E-state index in [0.29, 0.717) is 14.9 Å². The first kappa shape index (κ1) is 20.9. The first-order valence-electron chi connectivity index (χ1n) is 7.23. The highest BCUT2D eigenvalue weighted by Crippen LogP contribution is 2.29. The molecule has 0 heterocycles. The van der Waals surface area contributed by atoms with Crippen LogP contribution in [-0.2, 0) is 14.3 Å². The van der Waals surface area contributed by atoms with Gasteiger partial charge >= 0.3 is 11.7 Å². The van der Waals surface area contributed by atoms with Gasteiger partial charge in [0.25, 0.3) is 5.91 Å². The van der Waals surface area contributed by atoms with Gasteiger partial charge in [-0.1, -0.05) is 23.2 Å². The summed E-state index contributed by atoms with van der Waals surface area (Å²) < 4.78 is 18.1. The van der Waals surface area contributed by atoms with Crippen LogP contribution in [0.1, 0.15) is 0 Å². The average Bonchev–Trinajstić information content (AvgIpc) is 2.62. The van der Waals surface area contributed by atoms with Crippen LogP contribution in [0.2, 0.25) is 10.0 Å². The zero-order valence-corrected chi connectivity index (χ0v) is 15.7. The smallest absolute Gasteiger partial charge is 0.316 e. The number of thioether (sulfide) groups is 1. The van der Waals surface area contributed by atoms with Gasteiger partial charge in [-0.2, -0.15) is 4.39 Å². The van der Waals surface area contributed by atoms with Crippen molar-refractivity contribution in [3.63, 3.8) is 0 Å². The first-order chi connectivity index (χ1) is 12.8. The molecule has 0 saturated carbocycles. The Kier molecular flexibility index (Phi) is 7.40. The highest BCUT2D eigenvalue weighted by Gasteiger charge is 2.16. The second kappa shape index (κ2) is 9.54. The van der Waals surface area contributed by atoms with Crippen molar-refractivity contribution < 1.29 is 23.6 Å². The summed E-state index contributed by atoms with van der Waals surface area (Å²) in [4.78, 5) is 33.8. The zero-order chi connectivity index (χ0) is 20.0. The molecule has 0 aliphatic carbocycles. The lowest BCUT2D eigenvalue weighted by Crippen LogP contribution is -2.21. The second-order valence-corrected chi connectivity index (χ2v) is 6.86. The van der Waals surface area contributed by atoms with E-state index in [1.54, 1.807) is 18.2 Å². The van der Waals surface area contributed by atoms with Crippen LogP contribution in [0.5, 0.6) is 0 Å². The van der Waals surface area contributed by atoms with E-state index in [0.717, 1.165) is 30.0 Å². The number of nitro groups is 1. The van der Waals surface area contributed by atoms with Gasteiger partial charge in [-0.25, -0.2) is 0 Å². The lowest BCUT2D eigenvalue weighted by Gasteiger charge is -2.07. The van der Waals surface area contributed by atoms with Crippen LogP contribution >= 0.6 is 35.0 Å². The molecule has 142 valence electrons. The Labute approximate surface area is 166 Å². The molecule has 0 aromatic heterocycles. The number of halogens is 3. The van der Waals surface area contributed by atoms with Crippen molar-refractivity contribution in [3.8, 4) is 0 Å². The van der Waals surface area contributed by atoms with Crippen LogP contribution in [0.15, 0.2) is 41.3 Å². The van der Waals surface area contributed by atoms with Crippen molar-refractivity contribution in [2.75, 3.05) is 17.7 Å². The number of esters is 1. The highest BCUT2D eigenvalue weighted by molar-refractivity contribution is 8.00. The monoisotopic (exact) mass is 432 g/mol. The van der Waals surface area contributed by atoms with Gasteiger partial charge in [0.15, 0.2) is 6.61 Å². The van der Waals surface area contributed by atoms with Gasteiger partial charge in [-0.05, 0) is 30.3 Å². The summed E-state index contributed by atoms with van der Waals surface area (Å²) in [5, 5.41) is 13.8. The molecule has 0 saturated heterocycles. The number of nitrogens with zero attached hydrogens (tertiary/aromatic N) is 1. The molecule has 0 aliphatic heterocycles. The summed E-state index contributed by atoms with van der Waals surface area (Å²) in [6.07, 6.45) is 0. The molecule has 2 rings (SSSR count). The Balaban J connectivity index is 1.83. The van der Waals surface area contributed by atoms with Crippen LogP contribution in [-0.4, -0.2) is 29.2 Å². The molecule has 27 heavy (non-hydrogen) atoms. The largest absolute Gasteiger partial charge is 0.455 e. The third kappa shape index (κ3) is 6.38. The van der Waals surface area contributed by atoms with Crippen molar-refractivity contribution in [2.24, 2.45) is 0 Å². The van der Waals surface area contributed by atoms with Gasteiger partial charge in [0.1, 0.15) is 0 Å². The Morgan fingerprint density at radius 1 is 1.22 bits per heavy atom. The van der Waals surface area contributed by atoms with E-state index in [-0.39, 0.29) is 11.4 Å². The fourth-order valence-corrected chi connectivity index (χ4v) is 3.13. The van der Waals surface area contributed by atoms with E-state index in [2.05, 4.69) is 5.32 Å². The average molecular weight is 433 g/mol. The van der Waals surface area contributed by atoms with Crippen LogP contribution in [0, 0.1) is 15.9 Å². The van der Waals surface area contributed by atoms with Crippen molar-refractivity contribution in [3.05, 3.63) is 62.4 Å². The maximum Gasteiger partial charge on any atom is 0.316 e. The van der Waals surface area contributed by atoms with Crippen LogP contribution in [0.4, 0.5) is 15.8 Å². The standard InChI is InChI=1S/C16H11Cl2FN2O5S/c17-9-1-3-11(18)14(5-9)27-8-16(23)26-7-15(22)20-10-2-4-12(19)13(6-10)21(24)25/h1-6H,7-8H2,(H,20,22). The minimum absolute atomic E-state index is 0.00392. The van der Waals surface area contributed by atoms with Crippen LogP contribution in [0.25, 0.3) is 0 Å². The predicted molar refractivity (Wildman–Crippen MR) is 99.8 cm³/mol. The predicted octanol–water partition coefficient (Wildman–Crippen LogP) is 4.31. The lowest BCUT2D eigenvalue weighted by molar-refractivity contribution is -0.387. The van der Waals surface area contributed by atoms with Crippen molar-refractivity contribution in [2.45, 2.75) is 4.90 Å². The van der Waals surface area contributed by atoms with Gasteiger partial charge in [0.2, 0.25) is 5.82 Å². The Bertz CT molecular complexity index is 897. The number of hydrogen-bond donors (Lipinski definition) is 1. The minimum Gasteiger partial charge on any atom is -0.455 e. The molecule has 1 amide bonds. The fraction of sp³-hybridized carbons (Fsp3) is 0.125. The molecule has 2 aromatic carbocycles. The van der Waals surface area contributed by atoms with E-state index in [4.69, 9.17) is 27.9 Å². The molecule has 0 radical (unpaired) electrons. The molecular formula is C16H11Cl2FN2O5S. The number of rotatable bonds is 7. The van der Waals surface area contributed by atoms with E-state index >= 15 is 0 Å². The van der Waals surface area contributed by atoms with E-state index in [1.807, 2.05) is 0 Å². The summed E-state index contributed by atoms with van der Waals surface area (Å²) >= 11 is 12.9. The minimum atomic E-state index is -1.03. The Hall–Kier alpha value is -2.36. The first-order valence-corrected chi connectivity index (χ1v) is 8.97. The second-order valence-electron chi connectivity index (χ2n) is 5.00. The highest BCUT2D eigenvalue weighted by atomic mass is 35.5. The van der Waals surface area contributed by atoms with Gasteiger partial charge in [0.05, 0.1) is 15.7 Å². The number of ether oxygens (including phenoxy) is 1. The van der Waals surface area contributed by atoms with Crippen molar-refractivity contribution >= 4 is 58.2 Å². The number of carbonyl (C=O) groups is 2. The maximum absolute atomic E-state index is 13.2.